The molecule has 1 aromatic carbocycles. The molecule has 2 heterocycles. The third-order valence-corrected chi connectivity index (χ3v) is 5.08. The molecular formula is C16H17N5O4. The van der Waals surface area contributed by atoms with Crippen LogP contribution in [0.25, 0.3) is 0 Å². The van der Waals surface area contributed by atoms with Gasteiger partial charge in [-0.05, 0) is 25.0 Å². The highest BCUT2D eigenvalue weighted by molar-refractivity contribution is 6.11. The lowest BCUT2D eigenvalue weighted by atomic mass is 9.94. The second-order valence-electron chi connectivity index (χ2n) is 6.55. The summed E-state index contributed by atoms with van der Waals surface area (Å²) in [5, 5.41) is 20.1. The van der Waals surface area contributed by atoms with E-state index in [2.05, 4.69) is 10.3 Å². The molecule has 130 valence electrons. The molecule has 2 amide bonds. The van der Waals surface area contributed by atoms with Gasteiger partial charge in [-0.15, -0.1) is 0 Å². The van der Waals surface area contributed by atoms with Crippen molar-refractivity contribution < 1.29 is 14.5 Å². The Labute approximate surface area is 143 Å². The third-order valence-electron chi connectivity index (χ3n) is 5.08. The maximum Gasteiger partial charge on any atom is 0.269 e. The lowest BCUT2D eigenvalue weighted by Gasteiger charge is -2.30. The van der Waals surface area contributed by atoms with Crippen molar-refractivity contribution in [1.82, 2.24) is 4.90 Å². The minimum Gasteiger partial charge on any atom is -0.276 e. The van der Waals surface area contributed by atoms with Gasteiger partial charge >= 0.3 is 0 Å². The van der Waals surface area contributed by atoms with Gasteiger partial charge in [0, 0.05) is 18.2 Å². The minimum atomic E-state index is -0.815. The van der Waals surface area contributed by atoms with Crippen LogP contribution in [-0.4, -0.2) is 39.8 Å². The summed E-state index contributed by atoms with van der Waals surface area (Å²) in [5.74, 6) is -0.555. The first-order chi connectivity index (χ1) is 12.1. The van der Waals surface area contributed by atoms with Crippen molar-refractivity contribution in [2.24, 2.45) is 10.3 Å². The fourth-order valence-electron chi connectivity index (χ4n) is 3.82. The highest BCUT2D eigenvalue weighted by Gasteiger charge is 2.56. The van der Waals surface area contributed by atoms with Crippen molar-refractivity contribution in [3.05, 3.63) is 34.4 Å². The maximum atomic E-state index is 12.9. The molecule has 0 N–H and O–H groups in total. The number of nitro groups is 1. The van der Waals surface area contributed by atoms with Crippen LogP contribution in [0.4, 0.5) is 11.4 Å². The van der Waals surface area contributed by atoms with Gasteiger partial charge in [0.2, 0.25) is 0 Å². The van der Waals surface area contributed by atoms with Crippen LogP contribution in [-0.2, 0) is 9.59 Å². The van der Waals surface area contributed by atoms with E-state index in [1.54, 1.807) is 0 Å². The zero-order chi connectivity index (χ0) is 17.6. The van der Waals surface area contributed by atoms with Gasteiger partial charge in [-0.25, -0.2) is 5.01 Å². The van der Waals surface area contributed by atoms with E-state index >= 15 is 0 Å². The normalized spacial score (nSPS) is 26.4. The molecule has 9 heteroatoms. The van der Waals surface area contributed by atoms with E-state index in [4.69, 9.17) is 0 Å². The number of fused-ring (bicyclic) bond motifs is 1. The van der Waals surface area contributed by atoms with Gasteiger partial charge in [-0.2, -0.15) is 5.11 Å². The highest BCUT2D eigenvalue weighted by Crippen LogP contribution is 2.36. The largest absolute Gasteiger partial charge is 0.276 e. The van der Waals surface area contributed by atoms with Crippen LogP contribution in [0.5, 0.6) is 0 Å². The molecule has 1 saturated carbocycles. The van der Waals surface area contributed by atoms with Crippen LogP contribution in [0.1, 0.15) is 32.1 Å². The van der Waals surface area contributed by atoms with Gasteiger partial charge < -0.3 is 0 Å². The lowest BCUT2D eigenvalue weighted by molar-refractivity contribution is -0.384. The van der Waals surface area contributed by atoms with Crippen LogP contribution in [0.2, 0.25) is 0 Å². The number of rotatable bonds is 3. The van der Waals surface area contributed by atoms with Crippen molar-refractivity contribution in [2.75, 3.05) is 5.01 Å². The highest BCUT2D eigenvalue weighted by atomic mass is 16.6. The molecule has 2 fully saturated rings. The number of anilines is 1. The number of nitrogens with zero attached hydrogens (tertiary/aromatic N) is 5. The number of likely N-dealkylation sites (tertiary alicyclic amines) is 1. The first-order valence-corrected chi connectivity index (χ1v) is 8.39. The van der Waals surface area contributed by atoms with Gasteiger partial charge in [0.15, 0.2) is 12.1 Å². The zero-order valence-electron chi connectivity index (χ0n) is 13.4. The number of imide groups is 1. The van der Waals surface area contributed by atoms with Crippen LogP contribution in [0.3, 0.4) is 0 Å². The number of carbonyl (C=O) groups is 2. The van der Waals surface area contributed by atoms with E-state index in [1.807, 2.05) is 0 Å². The third kappa shape index (κ3) is 2.46. The molecule has 0 spiro atoms. The van der Waals surface area contributed by atoms with Gasteiger partial charge in [-0.1, -0.05) is 24.5 Å². The Balaban J connectivity index is 1.59. The number of hydrogen-bond acceptors (Lipinski definition) is 7. The monoisotopic (exact) mass is 343 g/mol. The van der Waals surface area contributed by atoms with Crippen molar-refractivity contribution in [1.29, 1.82) is 0 Å². The Kier molecular flexibility index (Phi) is 3.70. The molecule has 2 aliphatic heterocycles. The Morgan fingerprint density at radius 3 is 2.36 bits per heavy atom. The molecule has 1 aromatic rings. The molecule has 0 aromatic heterocycles. The summed E-state index contributed by atoms with van der Waals surface area (Å²) >= 11 is 0. The molecule has 2 atom stereocenters. The predicted molar refractivity (Wildman–Crippen MR) is 86.7 cm³/mol. The van der Waals surface area contributed by atoms with E-state index < -0.39 is 17.0 Å². The smallest absolute Gasteiger partial charge is 0.269 e. The quantitative estimate of drug-likeness (QED) is 0.475. The van der Waals surface area contributed by atoms with E-state index in [0.717, 1.165) is 32.1 Å². The second kappa shape index (κ2) is 5.91. The Morgan fingerprint density at radius 2 is 1.72 bits per heavy atom. The minimum absolute atomic E-state index is 0.0471. The van der Waals surface area contributed by atoms with E-state index in [1.165, 1.54) is 34.2 Å². The van der Waals surface area contributed by atoms with Crippen LogP contribution >= 0.6 is 0 Å². The molecule has 0 radical (unpaired) electrons. The Bertz CT molecular complexity index is 756. The van der Waals surface area contributed by atoms with Crippen molar-refractivity contribution >= 4 is 23.2 Å². The summed E-state index contributed by atoms with van der Waals surface area (Å²) < 4.78 is 0. The number of amides is 2. The van der Waals surface area contributed by atoms with E-state index in [9.17, 15) is 19.7 Å². The number of hydrogen-bond donors (Lipinski definition) is 0. The fraction of sp³-hybridized carbons (Fsp3) is 0.500. The van der Waals surface area contributed by atoms with E-state index in [0.29, 0.717) is 5.69 Å². The first-order valence-electron chi connectivity index (χ1n) is 8.39. The fourth-order valence-corrected chi connectivity index (χ4v) is 3.82. The van der Waals surface area contributed by atoms with Gasteiger partial charge in [0.05, 0.1) is 10.6 Å². The maximum absolute atomic E-state index is 12.9. The van der Waals surface area contributed by atoms with Gasteiger partial charge in [-0.3, -0.25) is 24.6 Å². The molecule has 1 saturated heterocycles. The van der Waals surface area contributed by atoms with Crippen molar-refractivity contribution in [2.45, 2.75) is 50.2 Å². The second-order valence-corrected chi connectivity index (χ2v) is 6.55. The molecule has 3 aliphatic rings. The SMILES string of the molecule is O=C1C2N=NN(c3ccc([N+](=O)[O-])cc3)C2C(=O)N1C1CCCCC1. The molecule has 25 heavy (non-hydrogen) atoms. The molecule has 1 aliphatic carbocycles. The summed E-state index contributed by atoms with van der Waals surface area (Å²) in [6, 6.07) is 4.08. The lowest BCUT2D eigenvalue weighted by Crippen LogP contribution is -2.44. The molecular weight excluding hydrogens is 326 g/mol. The van der Waals surface area contributed by atoms with Crippen molar-refractivity contribution in [3.8, 4) is 0 Å². The molecule has 2 unspecified atom stereocenters. The van der Waals surface area contributed by atoms with Gasteiger partial charge in [0.25, 0.3) is 17.5 Å². The average Bonchev–Trinajstić information content (AvgIpc) is 3.16. The number of nitro benzene ring substituents is 1. The number of non-ortho nitro benzene ring substituents is 1. The molecule has 9 nitrogen and oxygen atoms in total. The number of benzene rings is 1. The summed E-state index contributed by atoms with van der Waals surface area (Å²) in [6.45, 7) is 0. The van der Waals surface area contributed by atoms with Crippen LogP contribution in [0.15, 0.2) is 34.6 Å². The summed E-state index contributed by atoms with van der Waals surface area (Å²) in [6.07, 6.45) is 4.85. The van der Waals surface area contributed by atoms with Crippen LogP contribution in [0, 0.1) is 10.1 Å². The summed E-state index contributed by atoms with van der Waals surface area (Å²) in [4.78, 5) is 37.2. The Morgan fingerprint density at radius 1 is 1.04 bits per heavy atom. The molecule has 0 bridgehead atoms. The Hall–Kier alpha value is -2.84. The standard InChI is InChI=1S/C16H17N5O4/c22-15-13-14(16(23)19(15)10-4-2-1-3-5-10)20(18-17-13)11-6-8-12(9-7-11)21(24)25/h6-10,13-14H,1-5H2. The topological polar surface area (TPSA) is 108 Å². The number of carbonyl (C=O) groups excluding carboxylic acids is 2. The zero-order valence-corrected chi connectivity index (χ0v) is 13.4. The molecule has 4 rings (SSSR count). The van der Waals surface area contributed by atoms with E-state index in [-0.39, 0.29) is 23.5 Å². The predicted octanol–water partition coefficient (Wildman–Crippen LogP) is 2.22. The van der Waals surface area contributed by atoms with Crippen molar-refractivity contribution in [3.63, 3.8) is 0 Å². The first kappa shape index (κ1) is 15.7. The summed E-state index contributed by atoms with van der Waals surface area (Å²) in [5.41, 5.74) is 0.461. The van der Waals surface area contributed by atoms with Gasteiger partial charge in [0.1, 0.15) is 0 Å². The van der Waals surface area contributed by atoms with Crippen LogP contribution < -0.4 is 5.01 Å². The average molecular weight is 343 g/mol. The summed E-state index contributed by atoms with van der Waals surface area (Å²) in [7, 11) is 0.